The summed E-state index contributed by atoms with van der Waals surface area (Å²) in [5, 5.41) is 2.92. The lowest BCUT2D eigenvalue weighted by Crippen LogP contribution is -2.49. The van der Waals surface area contributed by atoms with E-state index in [4.69, 9.17) is 11.6 Å². The van der Waals surface area contributed by atoms with E-state index in [0.717, 1.165) is 12.8 Å². The Kier molecular flexibility index (Phi) is 5.60. The van der Waals surface area contributed by atoms with E-state index >= 15 is 0 Å². The first kappa shape index (κ1) is 15.0. The maximum atomic E-state index is 13.4. The van der Waals surface area contributed by atoms with Gasteiger partial charge in [0.2, 0.25) is 5.91 Å². The summed E-state index contributed by atoms with van der Waals surface area (Å²) in [5.74, 6) is -0.176. The highest BCUT2D eigenvalue weighted by Crippen LogP contribution is 2.17. The van der Waals surface area contributed by atoms with Crippen molar-refractivity contribution >= 4 is 17.5 Å². The molecule has 0 unspecified atom stereocenters. The van der Waals surface area contributed by atoms with Gasteiger partial charge in [0, 0.05) is 5.88 Å². The zero-order chi connectivity index (χ0) is 13.6. The number of halogens is 2. The number of carbonyl (C=O) groups excluding carboxylic acids is 1. The molecule has 2 nitrogen and oxygen atoms in total. The van der Waals surface area contributed by atoms with Crippen LogP contribution in [-0.4, -0.2) is 17.3 Å². The molecule has 0 fully saturated rings. The third-order valence-corrected chi connectivity index (χ3v) is 3.83. The summed E-state index contributed by atoms with van der Waals surface area (Å²) >= 11 is 5.91. The Morgan fingerprint density at radius 2 is 1.94 bits per heavy atom. The van der Waals surface area contributed by atoms with E-state index in [2.05, 4.69) is 5.32 Å². The van der Waals surface area contributed by atoms with Crippen LogP contribution in [0.4, 0.5) is 4.39 Å². The third kappa shape index (κ3) is 3.70. The predicted molar refractivity (Wildman–Crippen MR) is 72.3 cm³/mol. The van der Waals surface area contributed by atoms with Crippen molar-refractivity contribution in [2.24, 2.45) is 0 Å². The first-order valence-electron chi connectivity index (χ1n) is 6.17. The van der Waals surface area contributed by atoms with Crippen molar-refractivity contribution in [3.05, 3.63) is 35.6 Å². The minimum absolute atomic E-state index is 0.0469. The van der Waals surface area contributed by atoms with E-state index in [-0.39, 0.29) is 23.7 Å². The number of hydrogen-bond acceptors (Lipinski definition) is 1. The molecule has 1 aromatic carbocycles. The molecule has 0 radical (unpaired) electrons. The first-order chi connectivity index (χ1) is 8.56. The van der Waals surface area contributed by atoms with Crippen molar-refractivity contribution in [2.75, 3.05) is 5.88 Å². The molecule has 1 rings (SSSR count). The molecule has 0 aliphatic heterocycles. The van der Waals surface area contributed by atoms with Gasteiger partial charge in [-0.2, -0.15) is 0 Å². The Balaban J connectivity index is 2.70. The average Bonchev–Trinajstić information content (AvgIpc) is 2.39. The maximum Gasteiger partial charge on any atom is 0.224 e. The smallest absolute Gasteiger partial charge is 0.224 e. The fraction of sp³-hybridized carbons (Fsp3) is 0.500. The van der Waals surface area contributed by atoms with Gasteiger partial charge in [0.15, 0.2) is 0 Å². The number of nitrogens with one attached hydrogen (secondary N) is 1. The number of carbonyl (C=O) groups is 1. The van der Waals surface area contributed by atoms with Gasteiger partial charge in [-0.3, -0.25) is 4.79 Å². The third-order valence-electron chi connectivity index (χ3n) is 3.32. The second kappa shape index (κ2) is 6.74. The Bertz CT molecular complexity index is 396. The van der Waals surface area contributed by atoms with Gasteiger partial charge in [0.1, 0.15) is 5.82 Å². The monoisotopic (exact) mass is 271 g/mol. The summed E-state index contributed by atoms with van der Waals surface area (Å²) in [6.07, 6.45) is 1.57. The molecule has 0 heterocycles. The molecule has 0 saturated carbocycles. The van der Waals surface area contributed by atoms with E-state index < -0.39 is 0 Å². The molecular formula is C14H19ClFNO. The minimum atomic E-state index is -0.385. The average molecular weight is 272 g/mol. The summed E-state index contributed by atoms with van der Waals surface area (Å²) in [7, 11) is 0. The largest absolute Gasteiger partial charge is 0.349 e. The zero-order valence-corrected chi connectivity index (χ0v) is 11.6. The van der Waals surface area contributed by atoms with Crippen LogP contribution in [0.2, 0.25) is 0 Å². The van der Waals surface area contributed by atoms with Gasteiger partial charge in [0.05, 0.1) is 12.0 Å². The van der Waals surface area contributed by atoms with Gasteiger partial charge in [-0.05, 0) is 24.5 Å². The van der Waals surface area contributed by atoms with Crippen LogP contribution in [0.15, 0.2) is 24.3 Å². The Morgan fingerprint density at radius 3 is 2.44 bits per heavy atom. The molecule has 1 N–H and O–H groups in total. The molecule has 0 atom stereocenters. The summed E-state index contributed by atoms with van der Waals surface area (Å²) in [6.45, 7) is 3.96. The Morgan fingerprint density at radius 1 is 1.33 bits per heavy atom. The van der Waals surface area contributed by atoms with Gasteiger partial charge < -0.3 is 5.32 Å². The molecule has 1 aromatic rings. The van der Waals surface area contributed by atoms with Crippen molar-refractivity contribution in [1.82, 2.24) is 5.32 Å². The summed E-state index contributed by atoms with van der Waals surface area (Å²) in [4.78, 5) is 11.9. The normalized spacial score (nSPS) is 11.3. The lowest BCUT2D eigenvalue weighted by molar-refractivity contribution is -0.122. The van der Waals surface area contributed by atoms with E-state index in [1.54, 1.807) is 18.2 Å². The fourth-order valence-electron chi connectivity index (χ4n) is 1.80. The highest BCUT2D eigenvalue weighted by molar-refractivity contribution is 6.18. The predicted octanol–water partition coefficient (Wildman–Crippen LogP) is 3.28. The topological polar surface area (TPSA) is 29.1 Å². The summed E-state index contributed by atoms with van der Waals surface area (Å²) < 4.78 is 13.4. The van der Waals surface area contributed by atoms with Crippen molar-refractivity contribution < 1.29 is 9.18 Å². The van der Waals surface area contributed by atoms with Gasteiger partial charge >= 0.3 is 0 Å². The standard InChI is InChI=1S/C14H19ClFNO/c1-3-14(4-2,10-15)17-13(18)9-11-7-5-6-8-12(11)16/h5-8H,3-4,9-10H2,1-2H3,(H,17,18). The van der Waals surface area contributed by atoms with Crippen molar-refractivity contribution in [3.8, 4) is 0 Å². The highest BCUT2D eigenvalue weighted by atomic mass is 35.5. The summed E-state index contributed by atoms with van der Waals surface area (Å²) in [6, 6.07) is 6.31. The van der Waals surface area contributed by atoms with Crippen LogP contribution in [0.5, 0.6) is 0 Å². The second-order valence-electron chi connectivity index (χ2n) is 4.44. The number of alkyl halides is 1. The molecule has 0 saturated heterocycles. The molecule has 4 heteroatoms. The Hall–Kier alpha value is -1.09. The molecule has 0 aromatic heterocycles. The second-order valence-corrected chi connectivity index (χ2v) is 4.70. The molecule has 18 heavy (non-hydrogen) atoms. The molecule has 100 valence electrons. The van der Waals surface area contributed by atoms with Crippen LogP contribution in [0.1, 0.15) is 32.3 Å². The van der Waals surface area contributed by atoms with E-state index in [1.807, 2.05) is 13.8 Å². The van der Waals surface area contributed by atoms with E-state index in [0.29, 0.717) is 11.4 Å². The van der Waals surface area contributed by atoms with Crippen LogP contribution >= 0.6 is 11.6 Å². The van der Waals surface area contributed by atoms with Crippen LogP contribution in [-0.2, 0) is 11.2 Å². The number of benzene rings is 1. The molecule has 0 aliphatic rings. The fourth-order valence-corrected chi connectivity index (χ4v) is 2.25. The highest BCUT2D eigenvalue weighted by Gasteiger charge is 2.27. The van der Waals surface area contributed by atoms with Crippen LogP contribution in [0, 0.1) is 5.82 Å². The SMILES string of the molecule is CCC(CC)(CCl)NC(=O)Cc1ccccc1F. The molecule has 0 aliphatic carbocycles. The van der Waals surface area contributed by atoms with Crippen molar-refractivity contribution in [1.29, 1.82) is 0 Å². The first-order valence-corrected chi connectivity index (χ1v) is 6.70. The van der Waals surface area contributed by atoms with Crippen LogP contribution in [0.25, 0.3) is 0 Å². The molecule has 0 spiro atoms. The number of hydrogen-bond donors (Lipinski definition) is 1. The van der Waals surface area contributed by atoms with Crippen molar-refractivity contribution in [3.63, 3.8) is 0 Å². The lowest BCUT2D eigenvalue weighted by Gasteiger charge is -2.30. The van der Waals surface area contributed by atoms with Gasteiger partial charge in [-0.25, -0.2) is 4.39 Å². The quantitative estimate of drug-likeness (QED) is 0.791. The number of amides is 1. The zero-order valence-electron chi connectivity index (χ0n) is 10.8. The van der Waals surface area contributed by atoms with Gasteiger partial charge in [0.25, 0.3) is 0 Å². The molecular weight excluding hydrogens is 253 g/mol. The van der Waals surface area contributed by atoms with Crippen LogP contribution in [0.3, 0.4) is 0 Å². The minimum Gasteiger partial charge on any atom is -0.349 e. The number of rotatable bonds is 6. The van der Waals surface area contributed by atoms with E-state index in [1.165, 1.54) is 6.07 Å². The summed E-state index contributed by atoms with van der Waals surface area (Å²) in [5.41, 5.74) is 0.0230. The lowest BCUT2D eigenvalue weighted by atomic mass is 9.94. The molecule has 1 amide bonds. The van der Waals surface area contributed by atoms with E-state index in [9.17, 15) is 9.18 Å². The molecule has 0 bridgehead atoms. The van der Waals surface area contributed by atoms with Gasteiger partial charge in [-0.15, -0.1) is 11.6 Å². The van der Waals surface area contributed by atoms with Crippen LogP contribution < -0.4 is 5.32 Å². The maximum absolute atomic E-state index is 13.4. The van der Waals surface area contributed by atoms with Crippen molar-refractivity contribution in [2.45, 2.75) is 38.6 Å². The van der Waals surface area contributed by atoms with Gasteiger partial charge in [-0.1, -0.05) is 32.0 Å². The Labute approximate surface area is 113 Å².